The van der Waals surface area contributed by atoms with Gasteiger partial charge in [0.05, 0.1) is 13.0 Å². The van der Waals surface area contributed by atoms with Gasteiger partial charge in [-0.3, -0.25) is 4.79 Å². The Bertz CT molecular complexity index is 377. The Labute approximate surface area is 109 Å². The van der Waals surface area contributed by atoms with Crippen LogP contribution in [0.15, 0.2) is 24.3 Å². The highest BCUT2D eigenvalue weighted by atomic mass is 16.5. The molecule has 0 aromatic heterocycles. The summed E-state index contributed by atoms with van der Waals surface area (Å²) in [4.78, 5) is 11.9. The molecule has 0 heterocycles. The smallest absolute Gasteiger partial charge is 0.306 e. The second-order valence-corrected chi connectivity index (χ2v) is 5.11. The fourth-order valence-electron chi connectivity index (χ4n) is 3.02. The van der Waals surface area contributed by atoms with Crippen molar-refractivity contribution in [3.8, 4) is 0 Å². The van der Waals surface area contributed by atoms with Crippen LogP contribution in [0.5, 0.6) is 0 Å². The first kappa shape index (κ1) is 13.1. The van der Waals surface area contributed by atoms with E-state index in [2.05, 4.69) is 18.2 Å². The number of hydrogen-bond donors (Lipinski definition) is 0. The minimum atomic E-state index is -0.0627. The Kier molecular flexibility index (Phi) is 4.40. The average Bonchev–Trinajstić information content (AvgIpc) is 2.41. The monoisotopic (exact) mass is 245 g/mol. The number of hydrogen-bond acceptors (Lipinski definition) is 2. The van der Waals surface area contributed by atoms with Crippen molar-refractivity contribution in [3.63, 3.8) is 0 Å². The quantitative estimate of drug-likeness (QED) is 0.757. The number of rotatable bonds is 4. The molecule has 0 atom stereocenters. The summed E-state index contributed by atoms with van der Waals surface area (Å²) in [7, 11) is 0. The first-order valence-electron chi connectivity index (χ1n) is 6.89. The molecular formula is C16H21O2. The molecule has 0 saturated heterocycles. The zero-order valence-corrected chi connectivity index (χ0v) is 11.1. The summed E-state index contributed by atoms with van der Waals surface area (Å²) in [6, 6.07) is 11.1. The van der Waals surface area contributed by atoms with E-state index < -0.39 is 0 Å². The Morgan fingerprint density at radius 2 is 1.94 bits per heavy atom. The maximum absolute atomic E-state index is 11.9. The number of ether oxygens (including phenoxy) is 1. The number of esters is 1. The maximum Gasteiger partial charge on any atom is 0.306 e. The van der Waals surface area contributed by atoms with Crippen LogP contribution in [0, 0.1) is 6.07 Å². The van der Waals surface area contributed by atoms with E-state index in [0.717, 1.165) is 12.8 Å². The van der Waals surface area contributed by atoms with E-state index in [1.165, 1.54) is 24.8 Å². The normalized spacial score (nSPS) is 18.3. The van der Waals surface area contributed by atoms with E-state index in [9.17, 15) is 4.79 Å². The van der Waals surface area contributed by atoms with Gasteiger partial charge in [0.2, 0.25) is 0 Å². The zero-order valence-electron chi connectivity index (χ0n) is 11.1. The number of carbonyl (C=O) groups is 1. The van der Waals surface area contributed by atoms with Gasteiger partial charge in [0.1, 0.15) is 0 Å². The summed E-state index contributed by atoms with van der Waals surface area (Å²) < 4.78 is 5.14. The van der Waals surface area contributed by atoms with Crippen molar-refractivity contribution in [3.05, 3.63) is 35.9 Å². The molecule has 0 bridgehead atoms. The molecule has 2 heteroatoms. The standard InChI is InChI=1S/C16H21O2/c1-2-18-15(17)13-16(11-7-4-8-12-16)14-9-5-3-6-10-14/h5-6,9-10H,2,4,7-8,11-13H2,1H3. The first-order chi connectivity index (χ1) is 8.77. The molecule has 0 amide bonds. The van der Waals surface area contributed by atoms with Gasteiger partial charge in [0, 0.05) is 5.41 Å². The predicted octanol–water partition coefficient (Wildman–Crippen LogP) is 3.64. The Balaban J connectivity index is 2.20. The number of carbonyl (C=O) groups excluding carboxylic acids is 1. The lowest BCUT2D eigenvalue weighted by molar-refractivity contribution is -0.145. The van der Waals surface area contributed by atoms with E-state index in [4.69, 9.17) is 4.74 Å². The fraction of sp³-hybridized carbons (Fsp3) is 0.562. The molecule has 2 rings (SSSR count). The summed E-state index contributed by atoms with van der Waals surface area (Å²) in [5.41, 5.74) is 1.27. The lowest BCUT2D eigenvalue weighted by atomic mass is 9.67. The van der Waals surface area contributed by atoms with Crippen molar-refractivity contribution in [1.82, 2.24) is 0 Å². The van der Waals surface area contributed by atoms with Crippen molar-refractivity contribution in [2.75, 3.05) is 6.61 Å². The van der Waals surface area contributed by atoms with Gasteiger partial charge < -0.3 is 4.74 Å². The topological polar surface area (TPSA) is 26.3 Å². The minimum absolute atomic E-state index is 0.000394. The van der Waals surface area contributed by atoms with Crippen LogP contribution < -0.4 is 0 Å². The van der Waals surface area contributed by atoms with Crippen LogP contribution in [0.4, 0.5) is 0 Å². The maximum atomic E-state index is 11.9. The van der Waals surface area contributed by atoms with Crippen molar-refractivity contribution in [2.24, 2.45) is 0 Å². The van der Waals surface area contributed by atoms with E-state index in [0.29, 0.717) is 13.0 Å². The third kappa shape index (κ3) is 2.92. The summed E-state index contributed by atoms with van der Waals surface area (Å²) in [5.74, 6) is -0.0627. The van der Waals surface area contributed by atoms with Gasteiger partial charge in [-0.05, 0) is 31.4 Å². The van der Waals surface area contributed by atoms with Gasteiger partial charge in [-0.25, -0.2) is 0 Å². The largest absolute Gasteiger partial charge is 0.466 e. The minimum Gasteiger partial charge on any atom is -0.466 e. The molecule has 1 aromatic carbocycles. The van der Waals surface area contributed by atoms with Crippen LogP contribution in [0.1, 0.15) is 51.0 Å². The van der Waals surface area contributed by atoms with Crippen LogP contribution in [-0.2, 0) is 14.9 Å². The first-order valence-corrected chi connectivity index (χ1v) is 6.89. The second kappa shape index (κ2) is 6.03. The molecule has 1 radical (unpaired) electrons. The molecular weight excluding hydrogens is 224 g/mol. The second-order valence-electron chi connectivity index (χ2n) is 5.11. The van der Waals surface area contributed by atoms with E-state index >= 15 is 0 Å². The SMILES string of the molecule is CCOC(=O)CC1(c2cc[c]cc2)CCCCC1. The van der Waals surface area contributed by atoms with Crippen molar-refractivity contribution < 1.29 is 9.53 Å². The van der Waals surface area contributed by atoms with Crippen LogP contribution in [0.2, 0.25) is 0 Å². The molecule has 1 saturated carbocycles. The lowest BCUT2D eigenvalue weighted by Crippen LogP contribution is -2.32. The van der Waals surface area contributed by atoms with Gasteiger partial charge >= 0.3 is 5.97 Å². The van der Waals surface area contributed by atoms with Gasteiger partial charge in [-0.15, -0.1) is 0 Å². The summed E-state index contributed by atoms with van der Waals surface area (Å²) in [5, 5.41) is 0. The molecule has 0 aliphatic heterocycles. The molecule has 2 nitrogen and oxygen atoms in total. The highest BCUT2D eigenvalue weighted by molar-refractivity contribution is 5.71. The average molecular weight is 245 g/mol. The van der Waals surface area contributed by atoms with Gasteiger partial charge in [-0.1, -0.05) is 43.5 Å². The molecule has 18 heavy (non-hydrogen) atoms. The number of benzene rings is 1. The van der Waals surface area contributed by atoms with Crippen molar-refractivity contribution >= 4 is 5.97 Å². The van der Waals surface area contributed by atoms with Gasteiger partial charge in [0.15, 0.2) is 0 Å². The lowest BCUT2D eigenvalue weighted by Gasteiger charge is -2.37. The van der Waals surface area contributed by atoms with Gasteiger partial charge in [0.25, 0.3) is 0 Å². The van der Waals surface area contributed by atoms with Crippen LogP contribution in [0.3, 0.4) is 0 Å². The predicted molar refractivity (Wildman–Crippen MR) is 71.3 cm³/mol. The summed E-state index contributed by atoms with van der Waals surface area (Å²) in [6.45, 7) is 2.33. The highest BCUT2D eigenvalue weighted by Crippen LogP contribution is 2.42. The molecule has 0 unspecified atom stereocenters. The van der Waals surface area contributed by atoms with Crippen LogP contribution in [-0.4, -0.2) is 12.6 Å². The molecule has 1 fully saturated rings. The summed E-state index contributed by atoms with van der Waals surface area (Å²) in [6.07, 6.45) is 6.40. The Hall–Kier alpha value is -1.31. The zero-order chi connectivity index (χ0) is 12.8. The van der Waals surface area contributed by atoms with Crippen LogP contribution in [0.25, 0.3) is 0 Å². The molecule has 1 aromatic rings. The van der Waals surface area contributed by atoms with Crippen LogP contribution >= 0.6 is 0 Å². The van der Waals surface area contributed by atoms with Crippen molar-refractivity contribution in [2.45, 2.75) is 50.9 Å². The van der Waals surface area contributed by atoms with Gasteiger partial charge in [-0.2, -0.15) is 0 Å². The van der Waals surface area contributed by atoms with Crippen molar-refractivity contribution in [1.29, 1.82) is 0 Å². The fourth-order valence-corrected chi connectivity index (χ4v) is 3.02. The Morgan fingerprint density at radius 1 is 1.28 bits per heavy atom. The molecule has 0 N–H and O–H groups in total. The van der Waals surface area contributed by atoms with E-state index in [1.54, 1.807) is 0 Å². The third-order valence-corrected chi connectivity index (χ3v) is 3.93. The third-order valence-electron chi connectivity index (χ3n) is 3.93. The molecule has 1 aliphatic rings. The van der Waals surface area contributed by atoms with E-state index in [1.807, 2.05) is 19.1 Å². The summed E-state index contributed by atoms with van der Waals surface area (Å²) >= 11 is 0. The molecule has 1 aliphatic carbocycles. The Morgan fingerprint density at radius 3 is 2.56 bits per heavy atom. The van der Waals surface area contributed by atoms with E-state index in [-0.39, 0.29) is 11.4 Å². The molecule has 0 spiro atoms. The highest BCUT2D eigenvalue weighted by Gasteiger charge is 2.36. The molecule has 97 valence electrons.